The van der Waals surface area contributed by atoms with Crippen LogP contribution in [0.15, 0.2) is 84.0 Å². The van der Waals surface area contributed by atoms with Gasteiger partial charge in [0.1, 0.15) is 17.3 Å². The molecule has 0 aromatic heterocycles. The Morgan fingerprint density at radius 1 is 1.00 bits per heavy atom. The van der Waals surface area contributed by atoms with Crippen molar-refractivity contribution >= 4 is 41.8 Å². The molecule has 0 saturated heterocycles. The van der Waals surface area contributed by atoms with E-state index in [1.165, 1.54) is 0 Å². The second-order valence-electron chi connectivity index (χ2n) is 10.5. The highest BCUT2D eigenvalue weighted by molar-refractivity contribution is 8.04. The van der Waals surface area contributed by atoms with Gasteiger partial charge in [0.05, 0.1) is 25.7 Å². The van der Waals surface area contributed by atoms with Crippen molar-refractivity contribution in [2.75, 3.05) is 13.3 Å². The van der Waals surface area contributed by atoms with Gasteiger partial charge in [-0.25, -0.2) is 0 Å². The van der Waals surface area contributed by atoms with E-state index in [4.69, 9.17) is 21.3 Å². The van der Waals surface area contributed by atoms with Gasteiger partial charge in [-0.2, -0.15) is 0 Å². The van der Waals surface area contributed by atoms with E-state index < -0.39 is 18.0 Å². The Kier molecular flexibility index (Phi) is 14.3. The van der Waals surface area contributed by atoms with Gasteiger partial charge in [0.15, 0.2) is 28.7 Å². The Morgan fingerprint density at radius 2 is 1.65 bits per heavy atom. The molecule has 11 heteroatoms. The molecule has 0 spiro atoms. The minimum atomic E-state index is -1.22. The summed E-state index contributed by atoms with van der Waals surface area (Å²) in [6, 6.07) is 25.4. The molecular weight excluding hydrogens is 615 g/mol. The maximum Gasteiger partial charge on any atom is 0.358 e. The Bertz CT molecular complexity index is 1350. The summed E-state index contributed by atoms with van der Waals surface area (Å²) in [6.07, 6.45) is 5.07. The lowest BCUT2D eigenvalue weighted by atomic mass is 10.1. The highest BCUT2D eigenvalue weighted by Crippen LogP contribution is 2.46. The maximum atomic E-state index is 12.3. The van der Waals surface area contributed by atoms with Gasteiger partial charge < -0.3 is 9.47 Å². The standard InChI is InChI=1S/C32H41N3O4P3S/c1-6-11-25(3)38-29-18-14-26(15-19-29)22-33-34(5)42(43)32(4,7-2)39-30-20-16-28(17-21-30)31(41-37)35(24-40-36)23-27-12-9-8-10-13-27/h8-10,12-22,25,31H,6-7,11,23-24H2,1-5H3/q+1/b33-22+. The molecule has 3 rings (SSSR count). The smallest absolute Gasteiger partial charge is 0.358 e. The highest BCUT2D eigenvalue weighted by Gasteiger charge is 2.45. The van der Waals surface area contributed by atoms with E-state index >= 15 is 0 Å². The van der Waals surface area contributed by atoms with Crippen LogP contribution in [0.25, 0.3) is 0 Å². The molecule has 0 bridgehead atoms. The van der Waals surface area contributed by atoms with Crippen molar-refractivity contribution in [1.82, 2.24) is 9.68 Å². The predicted molar refractivity (Wildman–Crippen MR) is 182 cm³/mol. The first-order valence-electron chi connectivity index (χ1n) is 14.4. The molecule has 43 heavy (non-hydrogen) atoms. The Morgan fingerprint density at radius 3 is 2.23 bits per heavy atom. The van der Waals surface area contributed by atoms with Crippen LogP contribution in [0, 0.1) is 0 Å². The maximum absolute atomic E-state index is 12.3. The molecular formula is C32H41N3O4P3S+. The molecule has 0 radical (unpaired) electrons. The second-order valence-corrected chi connectivity index (χ2v) is 14.8. The third kappa shape index (κ3) is 10.5. The van der Waals surface area contributed by atoms with E-state index in [1.807, 2.05) is 103 Å². The highest BCUT2D eigenvalue weighted by atomic mass is 32.4. The fraction of sp³-hybridized carbons (Fsp3) is 0.406. The first-order chi connectivity index (χ1) is 20.7. The van der Waals surface area contributed by atoms with Gasteiger partial charge in [-0.05, 0) is 66.4 Å². The Labute approximate surface area is 265 Å². The summed E-state index contributed by atoms with van der Waals surface area (Å²) in [6.45, 7) is 7.63. The molecule has 228 valence electrons. The van der Waals surface area contributed by atoms with Crippen molar-refractivity contribution in [2.24, 2.45) is 5.10 Å². The van der Waals surface area contributed by atoms with E-state index in [0.717, 1.165) is 35.3 Å². The molecule has 0 aliphatic heterocycles. The fourth-order valence-electron chi connectivity index (χ4n) is 4.49. The minimum absolute atomic E-state index is 0.0248. The van der Waals surface area contributed by atoms with Crippen LogP contribution in [-0.2, 0) is 27.5 Å². The van der Waals surface area contributed by atoms with Crippen molar-refractivity contribution < 1.29 is 18.6 Å². The molecule has 7 nitrogen and oxygen atoms in total. The van der Waals surface area contributed by atoms with Gasteiger partial charge in [-0.15, -0.1) is 9.88 Å². The van der Waals surface area contributed by atoms with Gasteiger partial charge in [0, 0.05) is 19.9 Å². The number of hydrogen-bond acceptors (Lipinski definition) is 7. The fourth-order valence-corrected chi connectivity index (χ4v) is 7.45. The van der Waals surface area contributed by atoms with E-state index in [9.17, 15) is 9.13 Å². The molecule has 3 aromatic carbocycles. The SMILES string of the molecule is CCCC(C)Oc1ccc(/C=N/N(C)[P+](=S)C(C)(CC)Oc2ccc(C(P=O)N(CP=O)Cc3ccccc3)cc2)cc1. The van der Waals surface area contributed by atoms with Crippen molar-refractivity contribution in [1.29, 1.82) is 0 Å². The minimum Gasteiger partial charge on any atom is -0.491 e. The third-order valence-electron chi connectivity index (χ3n) is 7.04. The van der Waals surface area contributed by atoms with Gasteiger partial charge in [0.2, 0.25) is 0 Å². The van der Waals surface area contributed by atoms with Crippen LogP contribution in [0.5, 0.6) is 11.5 Å². The average Bonchev–Trinajstić information content (AvgIpc) is 3.02. The van der Waals surface area contributed by atoms with Gasteiger partial charge >= 0.3 is 6.85 Å². The molecule has 0 fully saturated rings. The van der Waals surface area contributed by atoms with E-state index in [2.05, 4.69) is 25.9 Å². The molecule has 4 unspecified atom stereocenters. The Balaban J connectivity index is 1.66. The summed E-state index contributed by atoms with van der Waals surface area (Å²) in [7, 11) is 1.79. The van der Waals surface area contributed by atoms with Crippen molar-refractivity contribution in [3.8, 4) is 11.5 Å². The zero-order valence-electron chi connectivity index (χ0n) is 25.5. The zero-order valence-corrected chi connectivity index (χ0v) is 29.0. The Hall–Kier alpha value is -2.59. The lowest BCUT2D eigenvalue weighted by molar-refractivity contribution is 0.171. The summed E-state index contributed by atoms with van der Waals surface area (Å²) in [4.78, 5) is 1.94. The van der Waals surface area contributed by atoms with Crippen LogP contribution < -0.4 is 9.47 Å². The van der Waals surface area contributed by atoms with Crippen molar-refractivity contribution in [3.63, 3.8) is 0 Å². The zero-order chi connectivity index (χ0) is 31.2. The quantitative estimate of drug-likeness (QED) is 0.0767. The largest absolute Gasteiger partial charge is 0.491 e. The van der Waals surface area contributed by atoms with Crippen LogP contribution in [0.4, 0.5) is 0 Å². The van der Waals surface area contributed by atoms with Gasteiger partial charge in [-0.3, -0.25) is 14.0 Å². The third-order valence-corrected chi connectivity index (χ3v) is 12.1. The number of hydrogen-bond donors (Lipinski definition) is 0. The monoisotopic (exact) mass is 656 g/mol. The van der Waals surface area contributed by atoms with Crippen molar-refractivity contribution in [2.45, 2.75) is 70.7 Å². The molecule has 0 N–H and O–H groups in total. The lowest BCUT2D eigenvalue weighted by Crippen LogP contribution is -2.30. The molecule has 0 heterocycles. The van der Waals surface area contributed by atoms with E-state index in [-0.39, 0.29) is 29.3 Å². The van der Waals surface area contributed by atoms with Crippen LogP contribution in [0.2, 0.25) is 0 Å². The number of rotatable bonds is 18. The summed E-state index contributed by atoms with van der Waals surface area (Å²) < 4.78 is 38.0. The summed E-state index contributed by atoms with van der Waals surface area (Å²) in [5.74, 6) is 1.09. The first kappa shape index (κ1) is 34.9. The summed E-state index contributed by atoms with van der Waals surface area (Å²) >= 11 is 5.97. The normalized spacial score (nSPS) is 14.9. The second kappa shape index (κ2) is 17.6. The molecule has 0 amide bonds. The van der Waals surface area contributed by atoms with Crippen molar-refractivity contribution in [3.05, 3.63) is 95.6 Å². The molecule has 0 saturated carbocycles. The molecule has 3 aromatic rings. The van der Waals surface area contributed by atoms with E-state index in [1.54, 1.807) is 6.21 Å². The number of ether oxygens (including phenoxy) is 2. The molecule has 0 aliphatic rings. The van der Waals surface area contributed by atoms with Crippen LogP contribution in [0.3, 0.4) is 0 Å². The number of benzene rings is 3. The summed E-state index contributed by atoms with van der Waals surface area (Å²) in [5, 5.41) is 4.00. The number of nitrogens with zero attached hydrogens (tertiary/aromatic N) is 3. The van der Waals surface area contributed by atoms with Crippen LogP contribution in [-0.4, -0.2) is 40.7 Å². The van der Waals surface area contributed by atoms with Crippen LogP contribution in [0.1, 0.15) is 69.4 Å². The molecule has 4 atom stereocenters. The predicted octanol–water partition coefficient (Wildman–Crippen LogP) is 9.63. The van der Waals surface area contributed by atoms with Crippen LogP contribution >= 0.6 is 23.8 Å². The molecule has 0 aliphatic carbocycles. The lowest BCUT2D eigenvalue weighted by Gasteiger charge is -2.26. The van der Waals surface area contributed by atoms with E-state index in [0.29, 0.717) is 18.7 Å². The topological polar surface area (TPSA) is 71.4 Å². The van der Waals surface area contributed by atoms with Gasteiger partial charge in [0.25, 0.3) is 5.34 Å². The summed E-state index contributed by atoms with van der Waals surface area (Å²) in [5.41, 5.74) is 2.87. The number of hydrazone groups is 1. The first-order valence-corrected chi connectivity index (χ1v) is 18.6. The van der Waals surface area contributed by atoms with Gasteiger partial charge in [-0.1, -0.05) is 62.7 Å². The average molecular weight is 657 g/mol.